The van der Waals surface area contributed by atoms with Gasteiger partial charge in [-0.15, -0.1) is 0 Å². The molecule has 1 amide bonds. The molecule has 3 aromatic rings. The van der Waals surface area contributed by atoms with Crippen molar-refractivity contribution in [1.82, 2.24) is 30.6 Å². The number of anilines is 1. The van der Waals surface area contributed by atoms with Crippen LogP contribution in [0.1, 0.15) is 36.9 Å². The normalized spacial score (nSPS) is 21.5. The first-order valence-electron chi connectivity index (χ1n) is 11.9. The van der Waals surface area contributed by atoms with E-state index < -0.39 is 17.2 Å². The number of thioether (sulfide) groups is 1. The summed E-state index contributed by atoms with van der Waals surface area (Å²) in [6.45, 7) is 0.507. The molecule has 1 aliphatic heterocycles. The molecule has 10 nitrogen and oxygen atoms in total. The molecular formula is C24H27F2N7O3S. The van der Waals surface area contributed by atoms with E-state index in [-0.39, 0.29) is 47.6 Å². The van der Waals surface area contributed by atoms with Crippen molar-refractivity contribution in [2.24, 2.45) is 0 Å². The Morgan fingerprint density at radius 3 is 2.73 bits per heavy atom. The molecule has 0 saturated heterocycles. The summed E-state index contributed by atoms with van der Waals surface area (Å²) in [6, 6.07) is 0.908. The first-order chi connectivity index (χ1) is 17.9. The van der Waals surface area contributed by atoms with Crippen LogP contribution in [0.4, 0.5) is 14.6 Å². The van der Waals surface area contributed by atoms with Crippen molar-refractivity contribution in [2.45, 2.75) is 55.4 Å². The maximum absolute atomic E-state index is 14.7. The average molecular weight is 532 g/mol. The minimum atomic E-state index is -0.771. The van der Waals surface area contributed by atoms with E-state index in [1.54, 1.807) is 6.20 Å². The number of aliphatic hydroxyl groups is 1. The van der Waals surface area contributed by atoms with Crippen LogP contribution in [0.25, 0.3) is 11.0 Å². The molecule has 1 aliphatic carbocycles. The molecule has 196 valence electrons. The van der Waals surface area contributed by atoms with Crippen molar-refractivity contribution >= 4 is 34.5 Å². The fourth-order valence-electron chi connectivity index (χ4n) is 4.68. The van der Waals surface area contributed by atoms with Crippen molar-refractivity contribution in [1.29, 1.82) is 0 Å². The molecule has 0 radical (unpaired) electrons. The van der Waals surface area contributed by atoms with Gasteiger partial charge in [-0.1, -0.05) is 11.8 Å². The van der Waals surface area contributed by atoms with Gasteiger partial charge in [0.15, 0.2) is 11.6 Å². The molecule has 5 rings (SSSR count). The second kappa shape index (κ2) is 10.8. The number of carbonyl (C=O) groups is 1. The highest BCUT2D eigenvalue weighted by molar-refractivity contribution is 8.00. The van der Waals surface area contributed by atoms with Crippen molar-refractivity contribution in [3.63, 3.8) is 0 Å². The van der Waals surface area contributed by atoms with Gasteiger partial charge in [0.05, 0.1) is 37.6 Å². The minimum absolute atomic E-state index is 0.00502. The van der Waals surface area contributed by atoms with Crippen LogP contribution >= 0.6 is 11.8 Å². The second-order valence-electron chi connectivity index (χ2n) is 9.23. The second-order valence-corrected chi connectivity index (χ2v) is 10.2. The van der Waals surface area contributed by atoms with Gasteiger partial charge in [0.2, 0.25) is 11.8 Å². The van der Waals surface area contributed by atoms with E-state index in [9.17, 15) is 18.7 Å². The Balaban J connectivity index is 1.20. The number of aliphatic hydroxyl groups excluding tert-OH is 1. The summed E-state index contributed by atoms with van der Waals surface area (Å²) in [6.07, 6.45) is 5.83. The van der Waals surface area contributed by atoms with E-state index in [0.29, 0.717) is 41.7 Å². The van der Waals surface area contributed by atoms with Crippen LogP contribution in [0.15, 0.2) is 23.5 Å². The number of hydrogen-bond donors (Lipinski definition) is 4. The molecule has 3 heterocycles. The van der Waals surface area contributed by atoms with E-state index in [0.717, 1.165) is 18.9 Å². The molecule has 0 spiro atoms. The molecule has 0 unspecified atom stereocenters. The van der Waals surface area contributed by atoms with E-state index in [1.165, 1.54) is 25.1 Å². The third-order valence-corrected chi connectivity index (χ3v) is 7.84. The smallest absolute Gasteiger partial charge is 0.236 e. The Labute approximate surface area is 216 Å². The third kappa shape index (κ3) is 5.49. The monoisotopic (exact) mass is 531 g/mol. The van der Waals surface area contributed by atoms with Gasteiger partial charge in [0.25, 0.3) is 0 Å². The van der Waals surface area contributed by atoms with Gasteiger partial charge in [-0.25, -0.2) is 28.7 Å². The number of carbonyl (C=O) groups excluding carboxylic acids is 1. The average Bonchev–Trinajstić information content (AvgIpc) is 2.92. The number of amides is 1. The molecule has 1 fully saturated rings. The van der Waals surface area contributed by atoms with Gasteiger partial charge in [0, 0.05) is 36.3 Å². The summed E-state index contributed by atoms with van der Waals surface area (Å²) in [5, 5.41) is 20.4. The Hall–Kier alpha value is -3.00. The van der Waals surface area contributed by atoms with Crippen LogP contribution < -0.4 is 20.7 Å². The number of rotatable bonds is 8. The molecular weight excluding hydrogens is 504 g/mol. The van der Waals surface area contributed by atoms with Crippen LogP contribution in [0.5, 0.6) is 5.88 Å². The van der Waals surface area contributed by atoms with Gasteiger partial charge in [-0.05, 0) is 25.7 Å². The lowest BCUT2D eigenvalue weighted by Crippen LogP contribution is -2.53. The number of hydrogen-bond acceptors (Lipinski definition) is 10. The van der Waals surface area contributed by atoms with Crippen molar-refractivity contribution in [3.05, 3.63) is 41.4 Å². The van der Waals surface area contributed by atoms with Crippen LogP contribution in [0, 0.1) is 11.6 Å². The fourth-order valence-corrected chi connectivity index (χ4v) is 5.38. The maximum Gasteiger partial charge on any atom is 0.236 e. The van der Waals surface area contributed by atoms with Crippen LogP contribution in [0.2, 0.25) is 0 Å². The van der Waals surface area contributed by atoms with Crippen molar-refractivity contribution in [3.8, 4) is 5.88 Å². The highest BCUT2D eigenvalue weighted by Gasteiger charge is 2.34. The zero-order valence-corrected chi connectivity index (χ0v) is 21.0. The number of methoxy groups -OCH3 is 1. The molecule has 4 N–H and O–H groups in total. The Kier molecular flexibility index (Phi) is 7.47. The lowest BCUT2D eigenvalue weighted by atomic mass is 9.79. The van der Waals surface area contributed by atoms with Crippen LogP contribution in [-0.2, 0) is 17.9 Å². The molecule has 13 heteroatoms. The number of nitrogens with one attached hydrogen (secondary N) is 3. The topological polar surface area (TPSA) is 134 Å². The highest BCUT2D eigenvalue weighted by Crippen LogP contribution is 2.31. The summed E-state index contributed by atoms with van der Waals surface area (Å²) < 4.78 is 34.0. The van der Waals surface area contributed by atoms with Crippen molar-refractivity contribution in [2.75, 3.05) is 24.8 Å². The number of halogens is 2. The fraction of sp³-hybridized carbons (Fsp3) is 0.458. The number of nitrogens with zero attached hydrogens (tertiary/aromatic N) is 4. The number of ether oxygens (including phenoxy) is 1. The summed E-state index contributed by atoms with van der Waals surface area (Å²) in [7, 11) is 1.42. The third-order valence-electron chi connectivity index (χ3n) is 6.86. The van der Waals surface area contributed by atoms with E-state index >= 15 is 0 Å². The number of aromatic nitrogens is 4. The Bertz CT molecular complexity index is 1320. The quantitative estimate of drug-likeness (QED) is 0.343. The molecule has 0 bridgehead atoms. The molecule has 1 saturated carbocycles. The molecule has 37 heavy (non-hydrogen) atoms. The summed E-state index contributed by atoms with van der Waals surface area (Å²) in [5.74, 6) is -0.590. The zero-order chi connectivity index (χ0) is 26.0. The largest absolute Gasteiger partial charge is 0.480 e. The zero-order valence-electron chi connectivity index (χ0n) is 20.2. The molecule has 2 aromatic heterocycles. The number of fused-ring (bicyclic) bond motifs is 2. The summed E-state index contributed by atoms with van der Waals surface area (Å²) in [4.78, 5) is 28.7. The minimum Gasteiger partial charge on any atom is -0.480 e. The molecule has 2 aliphatic rings. The first-order valence-corrected chi connectivity index (χ1v) is 12.9. The van der Waals surface area contributed by atoms with Gasteiger partial charge in [-0.2, -0.15) is 0 Å². The van der Waals surface area contributed by atoms with Gasteiger partial charge < -0.3 is 25.8 Å². The first kappa shape index (κ1) is 25.6. The molecule has 0 atom stereocenters. The van der Waals surface area contributed by atoms with Crippen LogP contribution in [0.3, 0.4) is 0 Å². The number of benzene rings is 1. The Morgan fingerprint density at radius 2 is 1.97 bits per heavy atom. The lowest BCUT2D eigenvalue weighted by molar-refractivity contribution is -0.113. The summed E-state index contributed by atoms with van der Waals surface area (Å²) >= 11 is 1.35. The Morgan fingerprint density at radius 1 is 1.16 bits per heavy atom. The van der Waals surface area contributed by atoms with Gasteiger partial charge >= 0.3 is 0 Å². The standard InChI is InChI=1S/C24H27F2N7O3S/c1-36-19-10-28-21-17(26)6-16(25)15(20(21)33-19)9-27-13-2-4-24(12-34,5-3-13)30-8-14-7-29-23-22(31-14)32-18(35)11-37-23/h6-7,10,13,27,30,34H,2-5,8-9,11-12H2,1H3,(H,31,32,35). The predicted octanol–water partition coefficient (Wildman–Crippen LogP) is 2.30. The van der Waals surface area contributed by atoms with Gasteiger partial charge in [-0.3, -0.25) is 4.79 Å². The van der Waals surface area contributed by atoms with E-state index in [4.69, 9.17) is 4.74 Å². The van der Waals surface area contributed by atoms with E-state index in [1.807, 2.05) is 0 Å². The lowest BCUT2D eigenvalue weighted by Gasteiger charge is -2.40. The highest BCUT2D eigenvalue weighted by atomic mass is 32.2. The van der Waals surface area contributed by atoms with Crippen molar-refractivity contribution < 1.29 is 23.4 Å². The molecule has 1 aromatic carbocycles. The predicted molar refractivity (Wildman–Crippen MR) is 133 cm³/mol. The SMILES string of the molecule is COc1cnc2c(F)cc(F)c(CNC3CCC(CO)(NCc4cnc5c(n4)NC(=O)CS5)CC3)c2n1. The maximum atomic E-state index is 14.7. The van der Waals surface area contributed by atoms with E-state index in [2.05, 4.69) is 35.9 Å². The van der Waals surface area contributed by atoms with Crippen LogP contribution in [-0.4, -0.2) is 62.0 Å². The van der Waals surface area contributed by atoms with Gasteiger partial charge in [0.1, 0.15) is 21.9 Å². The summed E-state index contributed by atoms with van der Waals surface area (Å²) in [5.41, 5.74) is 0.545.